The summed E-state index contributed by atoms with van der Waals surface area (Å²) in [5.74, 6) is -0.580. The van der Waals surface area contributed by atoms with E-state index in [1.54, 1.807) is 6.07 Å². The van der Waals surface area contributed by atoms with Gasteiger partial charge in [0.2, 0.25) is 5.91 Å². The molecule has 0 saturated carbocycles. The molecular formula is C20H23NO5. The van der Waals surface area contributed by atoms with E-state index in [0.717, 1.165) is 11.1 Å². The lowest BCUT2D eigenvalue weighted by atomic mass is 10.1. The Labute approximate surface area is 152 Å². The number of benzene rings is 2. The summed E-state index contributed by atoms with van der Waals surface area (Å²) < 4.78 is 10.7. The first-order valence-electron chi connectivity index (χ1n) is 8.38. The smallest absolute Gasteiger partial charge is 0.335 e. The van der Waals surface area contributed by atoms with Crippen LogP contribution in [0.15, 0.2) is 48.5 Å². The zero-order chi connectivity index (χ0) is 18.8. The molecule has 1 amide bonds. The van der Waals surface area contributed by atoms with Gasteiger partial charge in [0.1, 0.15) is 5.75 Å². The summed E-state index contributed by atoms with van der Waals surface area (Å²) in [6.45, 7) is 1.29. The SMILES string of the molecule is COc1cc(C(=O)O)ccc1CCNC(=O)CCOCc1ccccc1. The van der Waals surface area contributed by atoms with E-state index >= 15 is 0 Å². The van der Waals surface area contributed by atoms with E-state index in [1.807, 2.05) is 30.3 Å². The molecule has 0 spiro atoms. The average Bonchev–Trinajstić information content (AvgIpc) is 2.66. The van der Waals surface area contributed by atoms with Gasteiger partial charge in [-0.05, 0) is 29.7 Å². The summed E-state index contributed by atoms with van der Waals surface area (Å²) in [4.78, 5) is 22.8. The van der Waals surface area contributed by atoms with Crippen LogP contribution in [0.5, 0.6) is 5.75 Å². The molecule has 0 bridgehead atoms. The summed E-state index contributed by atoms with van der Waals surface area (Å²) >= 11 is 0. The normalized spacial score (nSPS) is 10.3. The number of carbonyl (C=O) groups is 2. The van der Waals surface area contributed by atoms with Crippen molar-refractivity contribution in [2.75, 3.05) is 20.3 Å². The number of ether oxygens (including phenoxy) is 2. The van der Waals surface area contributed by atoms with Crippen LogP contribution in [0.25, 0.3) is 0 Å². The maximum Gasteiger partial charge on any atom is 0.335 e. The average molecular weight is 357 g/mol. The standard InChI is InChI=1S/C20H23NO5/c1-25-18-13-17(20(23)24)8-7-16(18)9-11-21-19(22)10-12-26-14-15-5-3-2-4-6-15/h2-8,13H,9-12,14H2,1H3,(H,21,22)(H,23,24). The summed E-state index contributed by atoms with van der Waals surface area (Å²) in [5, 5.41) is 11.8. The number of carbonyl (C=O) groups excluding carboxylic acids is 1. The second kappa shape index (κ2) is 10.2. The topological polar surface area (TPSA) is 84.9 Å². The maximum absolute atomic E-state index is 11.8. The van der Waals surface area contributed by atoms with Gasteiger partial charge < -0.3 is 19.9 Å². The quantitative estimate of drug-likeness (QED) is 0.639. The molecular weight excluding hydrogens is 334 g/mol. The third kappa shape index (κ3) is 6.22. The van der Waals surface area contributed by atoms with Crippen molar-refractivity contribution < 1.29 is 24.2 Å². The second-order valence-electron chi connectivity index (χ2n) is 5.72. The highest BCUT2D eigenvalue weighted by Crippen LogP contribution is 2.20. The number of hydrogen-bond donors (Lipinski definition) is 2. The van der Waals surface area contributed by atoms with Crippen LogP contribution in [0, 0.1) is 0 Å². The monoisotopic (exact) mass is 357 g/mol. The van der Waals surface area contributed by atoms with E-state index in [9.17, 15) is 9.59 Å². The number of carboxylic acids is 1. The minimum Gasteiger partial charge on any atom is -0.496 e. The Balaban J connectivity index is 1.68. The van der Waals surface area contributed by atoms with E-state index in [0.29, 0.717) is 38.3 Å². The van der Waals surface area contributed by atoms with E-state index < -0.39 is 5.97 Å². The van der Waals surface area contributed by atoms with Gasteiger partial charge in [0, 0.05) is 13.0 Å². The molecule has 0 atom stereocenters. The molecule has 6 heteroatoms. The molecule has 0 radical (unpaired) electrons. The Morgan fingerprint density at radius 3 is 2.58 bits per heavy atom. The van der Waals surface area contributed by atoms with E-state index in [-0.39, 0.29) is 11.5 Å². The van der Waals surface area contributed by atoms with Gasteiger partial charge in [-0.1, -0.05) is 36.4 Å². The van der Waals surface area contributed by atoms with E-state index in [2.05, 4.69) is 5.32 Å². The molecule has 0 aliphatic rings. The van der Waals surface area contributed by atoms with Gasteiger partial charge in [0.05, 0.1) is 25.9 Å². The molecule has 2 aromatic rings. The highest BCUT2D eigenvalue weighted by molar-refractivity contribution is 5.88. The second-order valence-corrected chi connectivity index (χ2v) is 5.72. The predicted molar refractivity (Wildman–Crippen MR) is 97.4 cm³/mol. The Kier molecular flexibility index (Phi) is 7.64. The van der Waals surface area contributed by atoms with Crippen molar-refractivity contribution >= 4 is 11.9 Å². The van der Waals surface area contributed by atoms with Crippen molar-refractivity contribution in [3.05, 3.63) is 65.2 Å². The van der Waals surface area contributed by atoms with Crippen LogP contribution in [0.1, 0.15) is 27.9 Å². The van der Waals surface area contributed by atoms with Crippen LogP contribution in [0.4, 0.5) is 0 Å². The number of amides is 1. The molecule has 2 N–H and O–H groups in total. The molecule has 0 heterocycles. The molecule has 0 aromatic heterocycles. The predicted octanol–water partition coefficient (Wildman–Crippen LogP) is 2.66. The minimum atomic E-state index is -1.00. The summed E-state index contributed by atoms with van der Waals surface area (Å²) in [6.07, 6.45) is 0.849. The van der Waals surface area contributed by atoms with Crippen molar-refractivity contribution in [3.63, 3.8) is 0 Å². The zero-order valence-corrected chi connectivity index (χ0v) is 14.7. The number of hydrogen-bond acceptors (Lipinski definition) is 4. The Morgan fingerprint density at radius 1 is 1.12 bits per heavy atom. The number of nitrogens with one attached hydrogen (secondary N) is 1. The van der Waals surface area contributed by atoms with Crippen molar-refractivity contribution in [3.8, 4) is 5.75 Å². The summed E-state index contributed by atoms with van der Waals surface area (Å²) in [6, 6.07) is 14.5. The molecule has 2 aromatic carbocycles. The van der Waals surface area contributed by atoms with Gasteiger partial charge in [0.25, 0.3) is 0 Å². The lowest BCUT2D eigenvalue weighted by Gasteiger charge is -2.10. The maximum atomic E-state index is 11.8. The Bertz CT molecular complexity index is 730. The van der Waals surface area contributed by atoms with E-state index in [4.69, 9.17) is 14.6 Å². The fraction of sp³-hybridized carbons (Fsp3) is 0.300. The van der Waals surface area contributed by atoms with Crippen LogP contribution >= 0.6 is 0 Å². The minimum absolute atomic E-state index is 0.0841. The summed E-state index contributed by atoms with van der Waals surface area (Å²) in [7, 11) is 1.49. The molecule has 0 saturated heterocycles. The van der Waals surface area contributed by atoms with Gasteiger partial charge in [-0.3, -0.25) is 4.79 Å². The highest BCUT2D eigenvalue weighted by atomic mass is 16.5. The summed E-state index contributed by atoms with van der Waals surface area (Å²) in [5.41, 5.74) is 2.09. The Morgan fingerprint density at radius 2 is 1.88 bits per heavy atom. The first-order chi connectivity index (χ1) is 12.6. The van der Waals surface area contributed by atoms with Crippen LogP contribution < -0.4 is 10.1 Å². The van der Waals surface area contributed by atoms with Crippen LogP contribution in [0.3, 0.4) is 0 Å². The zero-order valence-electron chi connectivity index (χ0n) is 14.7. The molecule has 6 nitrogen and oxygen atoms in total. The molecule has 0 fully saturated rings. The lowest BCUT2D eigenvalue weighted by Crippen LogP contribution is -2.26. The van der Waals surface area contributed by atoms with Crippen LogP contribution in [-0.4, -0.2) is 37.2 Å². The molecule has 0 aliphatic heterocycles. The van der Waals surface area contributed by atoms with Gasteiger partial charge in [-0.2, -0.15) is 0 Å². The Hall–Kier alpha value is -2.86. The van der Waals surface area contributed by atoms with Crippen LogP contribution in [0.2, 0.25) is 0 Å². The number of methoxy groups -OCH3 is 1. The van der Waals surface area contributed by atoms with Gasteiger partial charge in [-0.25, -0.2) is 4.79 Å². The first-order valence-corrected chi connectivity index (χ1v) is 8.38. The molecule has 0 aliphatic carbocycles. The van der Waals surface area contributed by atoms with Crippen molar-refractivity contribution in [2.24, 2.45) is 0 Å². The number of rotatable bonds is 10. The third-order valence-corrected chi connectivity index (χ3v) is 3.84. The van der Waals surface area contributed by atoms with Gasteiger partial charge >= 0.3 is 5.97 Å². The molecule has 2 rings (SSSR count). The fourth-order valence-corrected chi connectivity index (χ4v) is 2.44. The molecule has 138 valence electrons. The van der Waals surface area contributed by atoms with Crippen LogP contribution in [-0.2, 0) is 22.6 Å². The number of aromatic carboxylic acids is 1. The first kappa shape index (κ1) is 19.5. The van der Waals surface area contributed by atoms with Gasteiger partial charge in [0.15, 0.2) is 0 Å². The largest absolute Gasteiger partial charge is 0.496 e. The number of carboxylic acid groups (broad SMARTS) is 1. The van der Waals surface area contributed by atoms with Crippen molar-refractivity contribution in [2.45, 2.75) is 19.4 Å². The fourth-order valence-electron chi connectivity index (χ4n) is 2.44. The van der Waals surface area contributed by atoms with Crippen molar-refractivity contribution in [1.29, 1.82) is 0 Å². The molecule has 26 heavy (non-hydrogen) atoms. The van der Waals surface area contributed by atoms with Crippen molar-refractivity contribution in [1.82, 2.24) is 5.32 Å². The van der Waals surface area contributed by atoms with E-state index in [1.165, 1.54) is 19.2 Å². The highest BCUT2D eigenvalue weighted by Gasteiger charge is 2.09. The lowest BCUT2D eigenvalue weighted by molar-refractivity contribution is -0.122. The third-order valence-electron chi connectivity index (χ3n) is 3.84. The van der Waals surface area contributed by atoms with Gasteiger partial charge in [-0.15, -0.1) is 0 Å². The molecule has 0 unspecified atom stereocenters.